The molecule has 0 aromatic carbocycles. The van der Waals surface area contributed by atoms with Gasteiger partial charge in [0.1, 0.15) is 5.60 Å². The van der Waals surface area contributed by atoms with E-state index in [1.165, 1.54) is 57.8 Å². The van der Waals surface area contributed by atoms with Gasteiger partial charge in [-0.15, -0.1) is 0 Å². The molecule has 0 unspecified atom stereocenters. The number of unbranched alkanes of at least 4 members (excludes halogenated alkanes) is 11. The van der Waals surface area contributed by atoms with Crippen LogP contribution in [0.5, 0.6) is 0 Å². The maximum Gasteiger partial charge on any atom is 0.306 e. The van der Waals surface area contributed by atoms with E-state index in [-0.39, 0.29) is 17.5 Å². The summed E-state index contributed by atoms with van der Waals surface area (Å²) in [5.74, 6) is 0.0916. The molecule has 0 saturated carbocycles. The van der Waals surface area contributed by atoms with Crippen molar-refractivity contribution in [1.82, 2.24) is 5.32 Å². The minimum absolute atomic E-state index is 0.0668. The van der Waals surface area contributed by atoms with E-state index in [4.69, 9.17) is 4.74 Å². The van der Waals surface area contributed by atoms with Gasteiger partial charge in [-0.25, -0.2) is 0 Å². The monoisotopic (exact) mass is 355 g/mol. The van der Waals surface area contributed by atoms with Crippen molar-refractivity contribution in [3.05, 3.63) is 0 Å². The molecule has 0 heterocycles. The van der Waals surface area contributed by atoms with E-state index >= 15 is 0 Å². The van der Waals surface area contributed by atoms with Crippen LogP contribution in [0.3, 0.4) is 0 Å². The number of nitrogens with one attached hydrogen (secondary N) is 1. The first kappa shape index (κ1) is 23.9. The van der Waals surface area contributed by atoms with Gasteiger partial charge >= 0.3 is 5.97 Å². The second-order valence-electron chi connectivity index (χ2n) is 8.00. The second kappa shape index (κ2) is 15.2. The molecular weight excluding hydrogens is 314 g/mol. The Morgan fingerprint density at radius 3 is 1.40 bits per heavy atom. The Labute approximate surface area is 155 Å². The fourth-order valence-electron chi connectivity index (χ4n) is 2.84. The number of hydrogen-bond donors (Lipinski definition) is 1. The molecule has 1 N–H and O–H groups in total. The molecule has 4 nitrogen and oxygen atoms in total. The average molecular weight is 356 g/mol. The highest BCUT2D eigenvalue weighted by Crippen LogP contribution is 2.14. The van der Waals surface area contributed by atoms with E-state index < -0.39 is 0 Å². The van der Waals surface area contributed by atoms with Crippen LogP contribution < -0.4 is 5.32 Å². The van der Waals surface area contributed by atoms with E-state index in [0.29, 0.717) is 12.8 Å². The van der Waals surface area contributed by atoms with Crippen LogP contribution in [0.15, 0.2) is 0 Å². The zero-order valence-electron chi connectivity index (χ0n) is 17.1. The van der Waals surface area contributed by atoms with Gasteiger partial charge in [-0.2, -0.15) is 0 Å². The molecular formula is C21H41NO3. The lowest BCUT2D eigenvalue weighted by atomic mass is 10.0. The number of carbonyl (C=O) groups excluding carboxylic acids is 2. The lowest BCUT2D eigenvalue weighted by Crippen LogP contribution is -2.23. The fraction of sp³-hybridized carbons (Fsp3) is 0.905. The van der Waals surface area contributed by atoms with Crippen LogP contribution in [-0.4, -0.2) is 24.5 Å². The number of carbonyl (C=O) groups is 2. The largest absolute Gasteiger partial charge is 0.460 e. The molecule has 25 heavy (non-hydrogen) atoms. The summed E-state index contributed by atoms with van der Waals surface area (Å²) in [6.07, 6.45) is 15.8. The molecule has 0 atom stereocenters. The predicted octanol–water partition coefficient (Wildman–Crippen LogP) is 5.54. The van der Waals surface area contributed by atoms with Crippen molar-refractivity contribution in [2.75, 3.05) is 7.05 Å². The van der Waals surface area contributed by atoms with Crippen LogP contribution in [0.2, 0.25) is 0 Å². The molecule has 0 bridgehead atoms. The van der Waals surface area contributed by atoms with Crippen molar-refractivity contribution in [3.63, 3.8) is 0 Å². The maximum atomic E-state index is 11.6. The number of hydrogen-bond acceptors (Lipinski definition) is 3. The Hall–Kier alpha value is -1.06. The van der Waals surface area contributed by atoms with Gasteiger partial charge in [0.05, 0.1) is 0 Å². The van der Waals surface area contributed by atoms with Gasteiger partial charge in [-0.3, -0.25) is 9.59 Å². The van der Waals surface area contributed by atoms with Crippen LogP contribution in [0.25, 0.3) is 0 Å². The van der Waals surface area contributed by atoms with Gasteiger partial charge < -0.3 is 10.1 Å². The van der Waals surface area contributed by atoms with Crippen LogP contribution in [-0.2, 0) is 14.3 Å². The van der Waals surface area contributed by atoms with Gasteiger partial charge in [0.2, 0.25) is 5.91 Å². The molecule has 0 rings (SSSR count). The normalized spacial score (nSPS) is 11.4. The highest BCUT2D eigenvalue weighted by Gasteiger charge is 2.15. The van der Waals surface area contributed by atoms with Crippen LogP contribution in [0.4, 0.5) is 0 Å². The van der Waals surface area contributed by atoms with Gasteiger partial charge in [0, 0.05) is 19.9 Å². The smallest absolute Gasteiger partial charge is 0.306 e. The number of amides is 1. The van der Waals surface area contributed by atoms with Gasteiger partial charge in [-0.1, -0.05) is 64.2 Å². The lowest BCUT2D eigenvalue weighted by molar-refractivity contribution is -0.154. The summed E-state index contributed by atoms with van der Waals surface area (Å²) >= 11 is 0. The average Bonchev–Trinajstić information content (AvgIpc) is 2.53. The minimum atomic E-state index is -0.360. The fourth-order valence-corrected chi connectivity index (χ4v) is 2.84. The zero-order valence-corrected chi connectivity index (χ0v) is 17.1. The Morgan fingerprint density at radius 2 is 1.04 bits per heavy atom. The van der Waals surface area contributed by atoms with E-state index in [9.17, 15) is 9.59 Å². The highest BCUT2D eigenvalue weighted by molar-refractivity contribution is 5.75. The quantitative estimate of drug-likeness (QED) is 0.310. The number of esters is 1. The first-order valence-corrected chi connectivity index (χ1v) is 10.3. The predicted molar refractivity (Wildman–Crippen MR) is 105 cm³/mol. The topological polar surface area (TPSA) is 55.4 Å². The van der Waals surface area contributed by atoms with Crippen LogP contribution in [0, 0.1) is 0 Å². The van der Waals surface area contributed by atoms with Crippen LogP contribution in [0.1, 0.15) is 111 Å². The third-order valence-corrected chi connectivity index (χ3v) is 4.23. The standard InChI is InChI=1S/C21H41NO3/c1-21(2,3)25-20(24)18-16-14-12-10-8-6-5-7-9-11-13-15-17-19(23)22-4/h5-18H2,1-4H3,(H,22,23). The first-order chi connectivity index (χ1) is 11.8. The first-order valence-electron chi connectivity index (χ1n) is 10.3. The van der Waals surface area contributed by atoms with Gasteiger partial charge in [0.25, 0.3) is 0 Å². The van der Waals surface area contributed by atoms with Crippen molar-refractivity contribution in [2.24, 2.45) is 0 Å². The summed E-state index contributed by atoms with van der Waals surface area (Å²) in [7, 11) is 1.70. The molecule has 0 aliphatic rings. The summed E-state index contributed by atoms with van der Waals surface area (Å²) in [6.45, 7) is 5.74. The van der Waals surface area contributed by atoms with E-state index in [2.05, 4.69) is 5.32 Å². The Bertz CT molecular complexity index is 348. The lowest BCUT2D eigenvalue weighted by Gasteiger charge is -2.19. The summed E-state index contributed by atoms with van der Waals surface area (Å²) in [5.41, 5.74) is -0.360. The van der Waals surface area contributed by atoms with E-state index in [0.717, 1.165) is 19.3 Å². The van der Waals surface area contributed by atoms with Crippen molar-refractivity contribution >= 4 is 11.9 Å². The Kier molecular flexibility index (Phi) is 14.6. The second-order valence-corrected chi connectivity index (χ2v) is 8.00. The molecule has 148 valence electrons. The van der Waals surface area contributed by atoms with E-state index in [1.54, 1.807) is 7.05 Å². The number of rotatable bonds is 15. The van der Waals surface area contributed by atoms with Crippen molar-refractivity contribution in [3.8, 4) is 0 Å². The molecule has 0 aliphatic carbocycles. The summed E-state index contributed by atoms with van der Waals surface area (Å²) in [5, 5.41) is 2.66. The SMILES string of the molecule is CNC(=O)CCCCCCCCCCCCCCC(=O)OC(C)(C)C. The zero-order chi connectivity index (χ0) is 19.0. The third-order valence-electron chi connectivity index (χ3n) is 4.23. The van der Waals surface area contributed by atoms with Crippen LogP contribution >= 0.6 is 0 Å². The molecule has 0 radical (unpaired) electrons. The van der Waals surface area contributed by atoms with Crippen molar-refractivity contribution < 1.29 is 14.3 Å². The third kappa shape index (κ3) is 19.1. The highest BCUT2D eigenvalue weighted by atomic mass is 16.6. The number of ether oxygens (including phenoxy) is 1. The molecule has 1 amide bonds. The molecule has 4 heteroatoms. The molecule has 0 spiro atoms. The molecule has 0 aromatic rings. The molecule has 0 aromatic heterocycles. The molecule has 0 aliphatic heterocycles. The van der Waals surface area contributed by atoms with Gasteiger partial charge in [0.15, 0.2) is 0 Å². The Morgan fingerprint density at radius 1 is 0.680 bits per heavy atom. The maximum absolute atomic E-state index is 11.6. The summed E-state index contributed by atoms with van der Waals surface area (Å²) in [4.78, 5) is 22.6. The minimum Gasteiger partial charge on any atom is -0.460 e. The van der Waals surface area contributed by atoms with Crippen molar-refractivity contribution in [2.45, 2.75) is 116 Å². The van der Waals surface area contributed by atoms with E-state index in [1.807, 2.05) is 20.8 Å². The molecule has 0 fully saturated rings. The van der Waals surface area contributed by atoms with Gasteiger partial charge in [-0.05, 0) is 33.6 Å². The Balaban J connectivity index is 3.19. The molecule has 0 saturated heterocycles. The van der Waals surface area contributed by atoms with Crippen molar-refractivity contribution in [1.29, 1.82) is 0 Å². The summed E-state index contributed by atoms with van der Waals surface area (Å²) in [6, 6.07) is 0. The summed E-state index contributed by atoms with van der Waals surface area (Å²) < 4.78 is 5.30.